The zero-order chi connectivity index (χ0) is 17.7. The van der Waals surface area contributed by atoms with Gasteiger partial charge in [-0.25, -0.2) is 4.98 Å². The fraction of sp³-hybridized carbons (Fsp3) is 0.381. The minimum absolute atomic E-state index is 0. The van der Waals surface area contributed by atoms with Crippen LogP contribution in [0, 0.1) is 0 Å². The van der Waals surface area contributed by atoms with Gasteiger partial charge in [0.2, 0.25) is 0 Å². The van der Waals surface area contributed by atoms with Crippen molar-refractivity contribution in [3.8, 4) is 0 Å². The maximum Gasteiger partial charge on any atom is 0.104 e. The Balaban J connectivity index is 0.00000243. The van der Waals surface area contributed by atoms with E-state index in [-0.39, 0.29) is 16.5 Å². The van der Waals surface area contributed by atoms with Crippen LogP contribution in [0.3, 0.4) is 0 Å². The third-order valence-corrected chi connectivity index (χ3v) is 7.40. The van der Waals surface area contributed by atoms with Crippen LogP contribution in [0.25, 0.3) is 10.8 Å². The Kier molecular flexibility index (Phi) is 7.93. The Hall–Kier alpha value is -1.10. The first-order chi connectivity index (χ1) is 12.2. The lowest BCUT2D eigenvalue weighted by molar-refractivity contribution is 0.649. The van der Waals surface area contributed by atoms with Crippen LogP contribution >= 0.6 is 35.9 Å². The molecular formula is C21H27ClN2S2. The fourth-order valence-electron chi connectivity index (χ4n) is 3.23. The Labute approximate surface area is 171 Å². The van der Waals surface area contributed by atoms with E-state index in [1.54, 1.807) is 0 Å². The maximum atomic E-state index is 4.23. The van der Waals surface area contributed by atoms with Gasteiger partial charge >= 0.3 is 0 Å². The number of thioether (sulfide) groups is 2. The molecule has 0 saturated carbocycles. The van der Waals surface area contributed by atoms with E-state index in [4.69, 9.17) is 0 Å². The summed E-state index contributed by atoms with van der Waals surface area (Å²) in [6, 6.07) is 13.8. The van der Waals surface area contributed by atoms with Gasteiger partial charge in [-0.2, -0.15) is 0 Å². The van der Waals surface area contributed by atoms with Crippen LogP contribution in [0.2, 0.25) is 0 Å². The highest BCUT2D eigenvalue weighted by atomic mass is 35.5. The van der Waals surface area contributed by atoms with Crippen LogP contribution in [-0.4, -0.2) is 21.1 Å². The van der Waals surface area contributed by atoms with Crippen molar-refractivity contribution in [2.45, 2.75) is 37.8 Å². The van der Waals surface area contributed by atoms with Crippen LogP contribution in [0.5, 0.6) is 0 Å². The first kappa shape index (κ1) is 21.2. The van der Waals surface area contributed by atoms with E-state index < -0.39 is 0 Å². The second kappa shape index (κ2) is 9.72. The average Bonchev–Trinajstić information content (AvgIpc) is 3.14. The second-order valence-electron chi connectivity index (χ2n) is 6.10. The monoisotopic (exact) mass is 406 g/mol. The largest absolute Gasteiger partial charge is 0.335 e. The molecule has 0 aliphatic carbocycles. The standard InChI is InChI=1S/C21H26N2S2.ClH/c1-4-17-7-8-19-14-20(10-9-18(19)13-17)21(24-5-2,25-6-3)15-23-12-11-22-16-23;/h7-14,16H,4-6,15H2,1-3H3;1H. The van der Waals surface area contributed by atoms with Gasteiger partial charge in [-0.15, -0.1) is 35.9 Å². The summed E-state index contributed by atoms with van der Waals surface area (Å²) >= 11 is 4.06. The van der Waals surface area contributed by atoms with E-state index in [2.05, 4.69) is 72.9 Å². The molecule has 0 aliphatic rings. The van der Waals surface area contributed by atoms with Gasteiger partial charge in [-0.3, -0.25) is 0 Å². The van der Waals surface area contributed by atoms with Crippen molar-refractivity contribution < 1.29 is 0 Å². The zero-order valence-electron chi connectivity index (χ0n) is 15.6. The van der Waals surface area contributed by atoms with Gasteiger partial charge in [0.25, 0.3) is 0 Å². The number of fused-ring (bicyclic) bond motifs is 1. The topological polar surface area (TPSA) is 17.8 Å². The molecule has 2 aromatic carbocycles. The molecule has 5 heteroatoms. The average molecular weight is 407 g/mol. The molecule has 140 valence electrons. The first-order valence-electron chi connectivity index (χ1n) is 8.97. The Morgan fingerprint density at radius 1 is 0.962 bits per heavy atom. The molecule has 0 atom stereocenters. The summed E-state index contributed by atoms with van der Waals surface area (Å²) in [4.78, 5) is 4.23. The molecule has 0 fully saturated rings. The highest BCUT2D eigenvalue weighted by Gasteiger charge is 2.33. The van der Waals surface area contributed by atoms with Gasteiger partial charge in [0, 0.05) is 12.4 Å². The smallest absolute Gasteiger partial charge is 0.104 e. The molecule has 1 aromatic heterocycles. The van der Waals surface area contributed by atoms with Crippen LogP contribution in [0.4, 0.5) is 0 Å². The quantitative estimate of drug-likeness (QED) is 0.404. The number of imidazole rings is 1. The second-order valence-corrected chi connectivity index (χ2v) is 9.49. The summed E-state index contributed by atoms with van der Waals surface area (Å²) in [5.74, 6) is 2.18. The molecule has 0 N–H and O–H groups in total. The number of benzene rings is 2. The number of hydrogen-bond donors (Lipinski definition) is 0. The molecular weight excluding hydrogens is 380 g/mol. The summed E-state index contributed by atoms with van der Waals surface area (Å²) in [5.41, 5.74) is 2.80. The SMILES string of the molecule is CCSC(Cn1ccnc1)(SCC)c1ccc2cc(CC)ccc2c1.Cl. The van der Waals surface area contributed by atoms with E-state index in [0.717, 1.165) is 24.5 Å². The molecule has 0 aliphatic heterocycles. The van der Waals surface area contributed by atoms with E-state index in [9.17, 15) is 0 Å². The molecule has 0 unspecified atom stereocenters. The van der Waals surface area contributed by atoms with Crippen molar-refractivity contribution in [2.75, 3.05) is 11.5 Å². The van der Waals surface area contributed by atoms with Crippen molar-refractivity contribution in [1.29, 1.82) is 0 Å². The molecule has 1 heterocycles. The molecule has 0 bridgehead atoms. The normalized spacial score (nSPS) is 11.5. The van der Waals surface area contributed by atoms with Crippen LogP contribution < -0.4 is 0 Å². The van der Waals surface area contributed by atoms with E-state index >= 15 is 0 Å². The third-order valence-electron chi connectivity index (χ3n) is 4.46. The number of rotatable bonds is 8. The van der Waals surface area contributed by atoms with E-state index in [1.165, 1.54) is 21.9 Å². The van der Waals surface area contributed by atoms with Crippen LogP contribution in [0.15, 0.2) is 55.1 Å². The summed E-state index contributed by atoms with van der Waals surface area (Å²) < 4.78 is 2.22. The Bertz CT molecular complexity index is 812. The van der Waals surface area contributed by atoms with Crippen LogP contribution in [-0.2, 0) is 17.0 Å². The number of hydrogen-bond acceptors (Lipinski definition) is 3. The van der Waals surface area contributed by atoms with Crippen molar-refractivity contribution in [3.05, 3.63) is 66.2 Å². The predicted octanol–water partition coefficient (Wildman–Crippen LogP) is 6.38. The zero-order valence-corrected chi connectivity index (χ0v) is 18.1. The molecule has 0 radical (unpaired) electrons. The first-order valence-corrected chi connectivity index (χ1v) is 10.9. The van der Waals surface area contributed by atoms with E-state index in [1.807, 2.05) is 36.0 Å². The maximum absolute atomic E-state index is 4.23. The minimum atomic E-state index is 0. The van der Waals surface area contributed by atoms with Gasteiger partial charge in [0.1, 0.15) is 4.08 Å². The number of nitrogens with zero attached hydrogens (tertiary/aromatic N) is 2. The predicted molar refractivity (Wildman–Crippen MR) is 121 cm³/mol. The highest BCUT2D eigenvalue weighted by molar-refractivity contribution is 8.17. The molecule has 2 nitrogen and oxygen atoms in total. The van der Waals surface area contributed by atoms with Gasteiger partial charge in [-0.05, 0) is 45.9 Å². The summed E-state index contributed by atoms with van der Waals surface area (Å²) in [6.07, 6.45) is 6.94. The lowest BCUT2D eigenvalue weighted by Gasteiger charge is -2.33. The van der Waals surface area contributed by atoms with Crippen LogP contribution in [0.1, 0.15) is 31.9 Å². The summed E-state index contributed by atoms with van der Waals surface area (Å²) in [6.45, 7) is 7.64. The lowest BCUT2D eigenvalue weighted by atomic mass is 10.0. The van der Waals surface area contributed by atoms with Crippen molar-refractivity contribution in [1.82, 2.24) is 9.55 Å². The Morgan fingerprint density at radius 3 is 2.27 bits per heavy atom. The molecule has 0 saturated heterocycles. The summed E-state index contributed by atoms with van der Waals surface area (Å²) in [7, 11) is 0. The Morgan fingerprint density at radius 2 is 1.65 bits per heavy atom. The fourth-order valence-corrected chi connectivity index (χ4v) is 6.27. The lowest BCUT2D eigenvalue weighted by Crippen LogP contribution is -2.25. The molecule has 26 heavy (non-hydrogen) atoms. The minimum Gasteiger partial charge on any atom is -0.335 e. The van der Waals surface area contributed by atoms with Gasteiger partial charge in [0.05, 0.1) is 12.9 Å². The summed E-state index contributed by atoms with van der Waals surface area (Å²) in [5, 5.41) is 2.67. The number of aryl methyl sites for hydroxylation is 1. The molecule has 0 spiro atoms. The highest BCUT2D eigenvalue weighted by Crippen LogP contribution is 2.48. The molecule has 0 amide bonds. The number of aromatic nitrogens is 2. The van der Waals surface area contributed by atoms with Gasteiger partial charge in [0.15, 0.2) is 0 Å². The number of halogens is 1. The van der Waals surface area contributed by atoms with Crippen molar-refractivity contribution in [3.63, 3.8) is 0 Å². The van der Waals surface area contributed by atoms with Crippen molar-refractivity contribution in [2.24, 2.45) is 0 Å². The van der Waals surface area contributed by atoms with Crippen molar-refractivity contribution >= 4 is 46.7 Å². The molecule has 3 aromatic rings. The van der Waals surface area contributed by atoms with Gasteiger partial charge in [-0.1, -0.05) is 51.1 Å². The van der Waals surface area contributed by atoms with Gasteiger partial charge < -0.3 is 4.57 Å². The third kappa shape index (κ3) is 4.59. The molecule has 3 rings (SSSR count). The van der Waals surface area contributed by atoms with E-state index in [0.29, 0.717) is 0 Å².